The lowest BCUT2D eigenvalue weighted by atomic mass is 9.68. The van der Waals surface area contributed by atoms with Crippen molar-refractivity contribution >= 4 is 63.8 Å². The summed E-state index contributed by atoms with van der Waals surface area (Å²) in [4.78, 5) is 44.9. The van der Waals surface area contributed by atoms with E-state index in [0.717, 1.165) is 38.3 Å². The number of alkyl halides is 3. The topological polar surface area (TPSA) is 88.7 Å². The second-order valence-corrected chi connectivity index (χ2v) is 15.5. The lowest BCUT2D eigenvalue weighted by Gasteiger charge is -2.43. The fourth-order valence-corrected chi connectivity index (χ4v) is 11.7. The van der Waals surface area contributed by atoms with Crippen LogP contribution in [0.15, 0.2) is 70.5 Å². The lowest BCUT2D eigenvalue weighted by molar-refractivity contribution is -0.137. The number of aromatic amines is 1. The van der Waals surface area contributed by atoms with Gasteiger partial charge >= 0.3 is 11.0 Å². The summed E-state index contributed by atoms with van der Waals surface area (Å²) in [5, 5.41) is 1.56. The number of thioether (sulfide) groups is 1. The van der Waals surface area contributed by atoms with E-state index in [0.29, 0.717) is 33.0 Å². The van der Waals surface area contributed by atoms with Gasteiger partial charge in [-0.25, -0.2) is 4.90 Å². The highest BCUT2D eigenvalue weighted by molar-refractivity contribution is 8.00. The normalized spacial score (nSPS) is 27.2. The van der Waals surface area contributed by atoms with E-state index >= 15 is 0 Å². The molecule has 3 fully saturated rings. The van der Waals surface area contributed by atoms with Crippen LogP contribution in [-0.2, 0) is 22.4 Å². The zero-order chi connectivity index (χ0) is 33.6. The summed E-state index contributed by atoms with van der Waals surface area (Å²) in [6.45, 7) is 0.164. The number of fused-ring (bicyclic) bond motifs is 9. The van der Waals surface area contributed by atoms with Crippen molar-refractivity contribution in [2.45, 2.75) is 35.4 Å². The van der Waals surface area contributed by atoms with Gasteiger partial charge < -0.3 is 14.5 Å². The van der Waals surface area contributed by atoms with Crippen LogP contribution in [0, 0.1) is 29.6 Å². The molecule has 7 atom stereocenters. The van der Waals surface area contributed by atoms with Crippen LogP contribution in [0.3, 0.4) is 0 Å². The number of benzene rings is 3. The van der Waals surface area contributed by atoms with Crippen LogP contribution in [-0.4, -0.2) is 29.2 Å². The number of carbonyl (C=O) groups is 2. The van der Waals surface area contributed by atoms with Crippen molar-refractivity contribution < 1.29 is 32.2 Å². The van der Waals surface area contributed by atoms with Gasteiger partial charge in [-0.3, -0.25) is 14.4 Å². The van der Waals surface area contributed by atoms with E-state index in [-0.39, 0.29) is 40.4 Å². The fourth-order valence-electron chi connectivity index (χ4n) is 8.33. The Labute approximate surface area is 290 Å². The van der Waals surface area contributed by atoms with Crippen LogP contribution in [0.1, 0.15) is 33.9 Å². The third kappa shape index (κ3) is 4.89. The van der Waals surface area contributed by atoms with Crippen LogP contribution < -0.4 is 19.2 Å². The van der Waals surface area contributed by atoms with Crippen molar-refractivity contribution in [3.63, 3.8) is 0 Å². The number of thiazole rings is 1. The molecule has 2 aliphatic carbocycles. The van der Waals surface area contributed by atoms with Gasteiger partial charge in [0, 0.05) is 31.7 Å². The number of hydrogen-bond acceptors (Lipinski definition) is 7. The van der Waals surface area contributed by atoms with Gasteiger partial charge in [-0.2, -0.15) is 13.2 Å². The molecule has 4 aliphatic rings. The molecule has 14 heteroatoms. The number of H-pyrrole nitrogens is 1. The standard InChI is InChI=1S/C34H25Cl2F3N2O5S2/c1-45-23-10-14(7-9-22(23)46-13-15-6-8-16(35)11-20(15)36)24-25-17-12-18(28(25)47-30-29(24)48-33(44)40-30)27-26(17)31(42)41(32(27)43)21-5-3-2-4-19(21)34(37,38)39/h2-11,17-18,24-28H,12-13H2,1H3,(H,40,44)/t17?,18?,24-,25?,26?,27?,28?/m1/s1. The highest BCUT2D eigenvalue weighted by Crippen LogP contribution is 2.69. The quantitative estimate of drug-likeness (QED) is 0.202. The van der Waals surface area contributed by atoms with Crippen LogP contribution in [0.5, 0.6) is 11.5 Å². The van der Waals surface area contributed by atoms with Gasteiger partial charge in [0.15, 0.2) is 11.5 Å². The van der Waals surface area contributed by atoms with E-state index in [1.807, 2.05) is 12.1 Å². The minimum Gasteiger partial charge on any atom is -0.493 e. The fraction of sp³-hybridized carbons (Fsp3) is 0.324. The average molecular weight is 734 g/mol. The Kier molecular flexibility index (Phi) is 7.66. The SMILES string of the molecule is COc1cc([C@H]2c3sc(=O)[nH]c3SC3C4CC(C5C(=O)N(c6ccccc6C(F)(F)F)C(=O)C45)C32)ccc1OCc1ccc(Cl)cc1Cl. The molecule has 4 aromatic rings. The molecule has 3 aromatic carbocycles. The maximum atomic E-state index is 14.0. The maximum Gasteiger partial charge on any atom is 0.418 e. The highest BCUT2D eigenvalue weighted by Gasteiger charge is 2.70. The predicted octanol–water partition coefficient (Wildman–Crippen LogP) is 8.03. The molecule has 2 saturated carbocycles. The zero-order valence-electron chi connectivity index (χ0n) is 24.9. The molecule has 2 amide bonds. The number of halogens is 5. The Morgan fingerprint density at radius 1 is 0.958 bits per heavy atom. The van der Waals surface area contributed by atoms with Crippen molar-refractivity contribution in [1.29, 1.82) is 0 Å². The number of amides is 2. The summed E-state index contributed by atoms with van der Waals surface area (Å²) in [5.41, 5.74) is 0.136. The molecule has 7 nitrogen and oxygen atoms in total. The van der Waals surface area contributed by atoms with E-state index in [4.69, 9.17) is 32.7 Å². The first-order valence-corrected chi connectivity index (χ1v) is 17.6. The van der Waals surface area contributed by atoms with Crippen LogP contribution in [0.4, 0.5) is 18.9 Å². The summed E-state index contributed by atoms with van der Waals surface area (Å²) in [6.07, 6.45) is -4.14. The first kappa shape index (κ1) is 31.8. The third-order valence-corrected chi connectivity index (χ3v) is 13.3. The molecule has 8 rings (SSSR count). The molecule has 3 heterocycles. The van der Waals surface area contributed by atoms with Crippen molar-refractivity contribution in [1.82, 2.24) is 4.98 Å². The molecule has 1 aromatic heterocycles. The molecular formula is C34H25Cl2F3N2O5S2. The first-order chi connectivity index (χ1) is 23.0. The van der Waals surface area contributed by atoms with Crippen molar-refractivity contribution in [3.05, 3.63) is 102 Å². The number of hydrogen-bond donors (Lipinski definition) is 1. The molecule has 6 unspecified atom stereocenters. The summed E-state index contributed by atoms with van der Waals surface area (Å²) < 4.78 is 53.8. The van der Waals surface area contributed by atoms with Gasteiger partial charge in [0.25, 0.3) is 0 Å². The largest absolute Gasteiger partial charge is 0.493 e. The van der Waals surface area contributed by atoms with Crippen LogP contribution in [0.2, 0.25) is 10.0 Å². The molecule has 1 N–H and O–H groups in total. The van der Waals surface area contributed by atoms with Gasteiger partial charge in [0.1, 0.15) is 6.61 Å². The summed E-state index contributed by atoms with van der Waals surface area (Å²) in [7, 11) is 1.53. The summed E-state index contributed by atoms with van der Waals surface area (Å²) in [5.74, 6) is -2.72. The first-order valence-electron chi connectivity index (χ1n) is 15.1. The van der Waals surface area contributed by atoms with E-state index in [9.17, 15) is 27.6 Å². The van der Waals surface area contributed by atoms with Gasteiger partial charge in [-0.15, -0.1) is 11.8 Å². The van der Waals surface area contributed by atoms with Crippen molar-refractivity contribution in [2.24, 2.45) is 29.6 Å². The third-order valence-electron chi connectivity index (χ3n) is 10.1. The minimum atomic E-state index is -4.74. The summed E-state index contributed by atoms with van der Waals surface area (Å²) in [6, 6.07) is 15.4. The van der Waals surface area contributed by atoms with Crippen molar-refractivity contribution in [3.8, 4) is 11.5 Å². The molecule has 0 radical (unpaired) electrons. The monoisotopic (exact) mass is 732 g/mol. The molecule has 48 heavy (non-hydrogen) atoms. The number of rotatable bonds is 6. The van der Waals surface area contributed by atoms with Crippen molar-refractivity contribution in [2.75, 3.05) is 12.0 Å². The van der Waals surface area contributed by atoms with E-state index in [2.05, 4.69) is 4.98 Å². The second kappa shape index (κ2) is 11.6. The smallest absolute Gasteiger partial charge is 0.418 e. The van der Waals surface area contributed by atoms with Crippen LogP contribution in [0.25, 0.3) is 0 Å². The number of aromatic nitrogens is 1. The van der Waals surface area contributed by atoms with Crippen LogP contribution >= 0.6 is 46.3 Å². The number of imide groups is 1. The predicted molar refractivity (Wildman–Crippen MR) is 176 cm³/mol. The molecule has 2 aliphatic heterocycles. The number of anilines is 1. The van der Waals surface area contributed by atoms with E-state index in [1.54, 1.807) is 24.3 Å². The number of carbonyl (C=O) groups excluding carboxylic acids is 2. The van der Waals surface area contributed by atoms with Gasteiger partial charge in [-0.05, 0) is 66.1 Å². The number of methoxy groups -OCH3 is 1. The number of para-hydroxylation sites is 1. The molecular weight excluding hydrogens is 708 g/mol. The lowest BCUT2D eigenvalue weighted by Crippen LogP contribution is -2.42. The Hall–Kier alpha value is -3.45. The van der Waals surface area contributed by atoms with Gasteiger partial charge in [0.05, 0.1) is 35.2 Å². The Bertz CT molecular complexity index is 2050. The van der Waals surface area contributed by atoms with Gasteiger partial charge in [-0.1, -0.05) is 58.8 Å². The Balaban J connectivity index is 1.15. The van der Waals surface area contributed by atoms with Gasteiger partial charge in [0.2, 0.25) is 11.8 Å². The number of ether oxygens (including phenoxy) is 2. The van der Waals surface area contributed by atoms with E-state index < -0.39 is 41.1 Å². The highest BCUT2D eigenvalue weighted by atomic mass is 35.5. The second-order valence-electron chi connectivity index (χ2n) is 12.4. The average Bonchev–Trinajstić information content (AvgIpc) is 3.79. The van der Waals surface area contributed by atoms with E-state index in [1.165, 1.54) is 37.1 Å². The molecule has 0 spiro atoms. The summed E-state index contributed by atoms with van der Waals surface area (Å²) >= 11 is 15.0. The Morgan fingerprint density at radius 3 is 2.44 bits per heavy atom. The molecule has 1 saturated heterocycles. The maximum absolute atomic E-state index is 14.0. The molecule has 248 valence electrons. The Morgan fingerprint density at radius 2 is 1.71 bits per heavy atom. The molecule has 2 bridgehead atoms. The number of nitrogens with zero attached hydrogens (tertiary/aromatic N) is 1. The zero-order valence-corrected chi connectivity index (χ0v) is 28.1. The minimum absolute atomic E-state index is 0.137. The number of nitrogens with one attached hydrogen (secondary N) is 1.